The van der Waals surface area contributed by atoms with Crippen LogP contribution in [0.3, 0.4) is 0 Å². The van der Waals surface area contributed by atoms with Crippen LogP contribution < -0.4 is 10.1 Å². The lowest BCUT2D eigenvalue weighted by molar-refractivity contribution is 0.383. The Labute approximate surface area is 118 Å². The number of benzene rings is 1. The first kappa shape index (κ1) is 14.5. The second-order valence-electron chi connectivity index (χ2n) is 4.63. The topological polar surface area (TPSA) is 39.1 Å². The zero-order valence-corrected chi connectivity index (χ0v) is 12.1. The standard InChI is InChI=1S/C15H20FN3O/c1-4-17-8-13-9-18-19(11(13)2)10-12-6-5-7-14(20-3)15(12)16/h5-7,9,17H,4,8,10H2,1-3H3. The molecule has 0 spiro atoms. The summed E-state index contributed by atoms with van der Waals surface area (Å²) in [5, 5.41) is 7.59. The number of hydrogen-bond donors (Lipinski definition) is 1. The summed E-state index contributed by atoms with van der Waals surface area (Å²) in [4.78, 5) is 0. The van der Waals surface area contributed by atoms with Crippen LogP contribution in [0, 0.1) is 12.7 Å². The number of hydrogen-bond acceptors (Lipinski definition) is 3. The average Bonchev–Trinajstić information content (AvgIpc) is 2.80. The van der Waals surface area contributed by atoms with Crippen LogP contribution in [-0.2, 0) is 13.1 Å². The zero-order valence-electron chi connectivity index (χ0n) is 12.1. The maximum Gasteiger partial charge on any atom is 0.170 e. The van der Waals surface area contributed by atoms with Crippen molar-refractivity contribution in [3.63, 3.8) is 0 Å². The molecule has 0 saturated carbocycles. The second kappa shape index (κ2) is 6.52. The Hall–Kier alpha value is -1.88. The second-order valence-corrected chi connectivity index (χ2v) is 4.63. The summed E-state index contributed by atoms with van der Waals surface area (Å²) in [6.45, 7) is 6.15. The van der Waals surface area contributed by atoms with Gasteiger partial charge >= 0.3 is 0 Å². The maximum atomic E-state index is 14.1. The fourth-order valence-corrected chi connectivity index (χ4v) is 2.08. The summed E-state index contributed by atoms with van der Waals surface area (Å²) in [7, 11) is 1.47. The van der Waals surface area contributed by atoms with Gasteiger partial charge in [-0.3, -0.25) is 4.68 Å². The highest BCUT2D eigenvalue weighted by Crippen LogP contribution is 2.21. The summed E-state index contributed by atoms with van der Waals surface area (Å²) in [5.74, 6) is -0.0571. The molecule has 0 saturated heterocycles. The van der Waals surface area contributed by atoms with E-state index in [-0.39, 0.29) is 11.6 Å². The van der Waals surface area contributed by atoms with E-state index < -0.39 is 0 Å². The van der Waals surface area contributed by atoms with Crippen molar-refractivity contribution < 1.29 is 9.13 Å². The predicted molar refractivity (Wildman–Crippen MR) is 76.4 cm³/mol. The van der Waals surface area contributed by atoms with Crippen LogP contribution in [0.4, 0.5) is 4.39 Å². The molecule has 108 valence electrons. The average molecular weight is 277 g/mol. The van der Waals surface area contributed by atoms with Crippen molar-refractivity contribution in [1.29, 1.82) is 0 Å². The molecule has 0 fully saturated rings. The Balaban J connectivity index is 2.20. The van der Waals surface area contributed by atoms with E-state index in [4.69, 9.17) is 4.74 Å². The van der Waals surface area contributed by atoms with Crippen LogP contribution in [0.1, 0.15) is 23.7 Å². The summed E-state index contributed by atoms with van der Waals surface area (Å²) in [6.07, 6.45) is 1.83. The van der Waals surface area contributed by atoms with Gasteiger partial charge in [0.2, 0.25) is 0 Å². The third kappa shape index (κ3) is 2.99. The predicted octanol–water partition coefficient (Wildman–Crippen LogP) is 2.50. The number of rotatable bonds is 6. The van der Waals surface area contributed by atoms with Crippen molar-refractivity contribution in [1.82, 2.24) is 15.1 Å². The lowest BCUT2D eigenvalue weighted by Gasteiger charge is -2.09. The molecule has 0 unspecified atom stereocenters. The largest absolute Gasteiger partial charge is 0.494 e. The van der Waals surface area contributed by atoms with E-state index >= 15 is 0 Å². The van der Waals surface area contributed by atoms with E-state index in [0.29, 0.717) is 12.1 Å². The van der Waals surface area contributed by atoms with Crippen molar-refractivity contribution in [3.05, 3.63) is 47.0 Å². The van der Waals surface area contributed by atoms with Crippen LogP contribution in [0.25, 0.3) is 0 Å². The molecule has 0 aliphatic heterocycles. The van der Waals surface area contributed by atoms with Gasteiger partial charge in [-0.2, -0.15) is 5.10 Å². The molecule has 2 aromatic rings. The summed E-state index contributed by atoms with van der Waals surface area (Å²) in [5.41, 5.74) is 2.76. The van der Waals surface area contributed by atoms with Gasteiger partial charge in [-0.1, -0.05) is 19.1 Å². The first-order valence-electron chi connectivity index (χ1n) is 6.70. The van der Waals surface area contributed by atoms with Gasteiger partial charge in [0.15, 0.2) is 11.6 Å². The molecule has 2 rings (SSSR count). The number of nitrogens with one attached hydrogen (secondary N) is 1. The zero-order chi connectivity index (χ0) is 14.5. The maximum absolute atomic E-state index is 14.1. The minimum Gasteiger partial charge on any atom is -0.494 e. The third-order valence-corrected chi connectivity index (χ3v) is 3.35. The molecule has 0 bridgehead atoms. The Kier molecular flexibility index (Phi) is 4.74. The van der Waals surface area contributed by atoms with Gasteiger partial charge in [0.1, 0.15) is 0 Å². The molecule has 1 heterocycles. The smallest absolute Gasteiger partial charge is 0.170 e. The van der Waals surface area contributed by atoms with Crippen LogP contribution in [-0.4, -0.2) is 23.4 Å². The highest BCUT2D eigenvalue weighted by atomic mass is 19.1. The van der Waals surface area contributed by atoms with Gasteiger partial charge in [0.05, 0.1) is 19.9 Å². The van der Waals surface area contributed by atoms with Gasteiger partial charge in [0.25, 0.3) is 0 Å². The van der Waals surface area contributed by atoms with Crippen molar-refractivity contribution in [3.8, 4) is 5.75 Å². The van der Waals surface area contributed by atoms with Crippen molar-refractivity contribution in [2.75, 3.05) is 13.7 Å². The van der Waals surface area contributed by atoms with E-state index in [2.05, 4.69) is 17.3 Å². The van der Waals surface area contributed by atoms with Crippen LogP contribution in [0.2, 0.25) is 0 Å². The Morgan fingerprint density at radius 1 is 1.35 bits per heavy atom. The minimum absolute atomic E-state index is 0.264. The Bertz CT molecular complexity index is 580. The molecular weight excluding hydrogens is 257 g/mol. The molecule has 0 aliphatic rings. The highest BCUT2D eigenvalue weighted by Gasteiger charge is 2.11. The van der Waals surface area contributed by atoms with Gasteiger partial charge < -0.3 is 10.1 Å². The monoisotopic (exact) mass is 277 g/mol. The number of methoxy groups -OCH3 is 1. The Morgan fingerprint density at radius 2 is 2.15 bits per heavy atom. The molecule has 0 amide bonds. The molecule has 0 atom stereocenters. The number of nitrogens with zero attached hydrogens (tertiary/aromatic N) is 2. The summed E-state index contributed by atoms with van der Waals surface area (Å²) in [6, 6.07) is 5.16. The third-order valence-electron chi connectivity index (χ3n) is 3.35. The van der Waals surface area contributed by atoms with Gasteiger partial charge in [-0.05, 0) is 19.5 Å². The van der Waals surface area contributed by atoms with Crippen molar-refractivity contribution in [2.45, 2.75) is 26.9 Å². The minimum atomic E-state index is -0.321. The quantitative estimate of drug-likeness (QED) is 0.881. The first-order chi connectivity index (χ1) is 9.67. The number of aromatic nitrogens is 2. The lowest BCUT2D eigenvalue weighted by Crippen LogP contribution is -2.13. The van der Waals surface area contributed by atoms with E-state index in [9.17, 15) is 4.39 Å². The molecule has 5 heteroatoms. The molecule has 1 aromatic carbocycles. The molecule has 20 heavy (non-hydrogen) atoms. The highest BCUT2D eigenvalue weighted by molar-refractivity contribution is 5.31. The Morgan fingerprint density at radius 3 is 2.85 bits per heavy atom. The summed E-state index contributed by atoms with van der Waals surface area (Å²) >= 11 is 0. The fourth-order valence-electron chi connectivity index (χ4n) is 2.08. The molecular formula is C15H20FN3O. The lowest BCUT2D eigenvalue weighted by atomic mass is 10.2. The van der Waals surface area contributed by atoms with Crippen LogP contribution in [0.15, 0.2) is 24.4 Å². The van der Waals surface area contributed by atoms with Crippen molar-refractivity contribution in [2.24, 2.45) is 0 Å². The van der Waals surface area contributed by atoms with Gasteiger partial charge in [0, 0.05) is 23.4 Å². The molecule has 1 aromatic heterocycles. The van der Waals surface area contributed by atoms with E-state index in [1.54, 1.807) is 18.2 Å². The van der Waals surface area contributed by atoms with E-state index in [1.807, 2.05) is 17.8 Å². The molecule has 0 radical (unpaired) electrons. The molecule has 1 N–H and O–H groups in total. The fraction of sp³-hybridized carbons (Fsp3) is 0.400. The normalized spacial score (nSPS) is 10.8. The van der Waals surface area contributed by atoms with Gasteiger partial charge in [-0.15, -0.1) is 0 Å². The molecule has 0 aliphatic carbocycles. The van der Waals surface area contributed by atoms with Crippen LogP contribution in [0.5, 0.6) is 5.75 Å². The first-order valence-corrected chi connectivity index (χ1v) is 6.70. The molecule has 4 nitrogen and oxygen atoms in total. The van der Waals surface area contributed by atoms with Crippen molar-refractivity contribution >= 4 is 0 Å². The number of ether oxygens (including phenoxy) is 1. The van der Waals surface area contributed by atoms with Gasteiger partial charge in [-0.25, -0.2) is 4.39 Å². The number of halogens is 1. The summed E-state index contributed by atoms with van der Waals surface area (Å²) < 4.78 is 20.9. The van der Waals surface area contributed by atoms with E-state index in [0.717, 1.165) is 24.3 Å². The van der Waals surface area contributed by atoms with Crippen LogP contribution >= 0.6 is 0 Å². The SMILES string of the molecule is CCNCc1cnn(Cc2cccc(OC)c2F)c1C. The van der Waals surface area contributed by atoms with E-state index in [1.165, 1.54) is 7.11 Å².